The minimum Gasteiger partial charge on any atom is -0.480 e. The van der Waals surface area contributed by atoms with Gasteiger partial charge in [0.15, 0.2) is 0 Å². The van der Waals surface area contributed by atoms with Crippen LogP contribution in [0.1, 0.15) is 0 Å². The smallest absolute Gasteiger partial charge is 0.323 e. The topological polar surface area (TPSA) is 104 Å². The van der Waals surface area contributed by atoms with Gasteiger partial charge in [-0.05, 0) is 0 Å². The fourth-order valence-electron chi connectivity index (χ4n) is 0.928. The molecule has 0 bridgehead atoms. The highest BCUT2D eigenvalue weighted by atomic mass is 32.2. The van der Waals surface area contributed by atoms with Gasteiger partial charge in [-0.25, -0.2) is 13.2 Å². The van der Waals surface area contributed by atoms with E-state index < -0.39 is 28.4 Å². The van der Waals surface area contributed by atoms with Crippen molar-refractivity contribution in [3.63, 3.8) is 0 Å². The molecule has 96 valence electrons. The summed E-state index contributed by atoms with van der Waals surface area (Å²) in [6.45, 7) is -0.774. The number of nitrogens with one attached hydrogen (secondary N) is 1. The molecule has 2 amide bonds. The molecule has 0 rings (SSSR count). The van der Waals surface area contributed by atoms with E-state index in [1.807, 2.05) is 0 Å². The lowest BCUT2D eigenvalue weighted by molar-refractivity contribution is -0.137. The van der Waals surface area contributed by atoms with E-state index in [0.29, 0.717) is 0 Å². The molecule has 7 nitrogen and oxygen atoms in total. The lowest BCUT2D eigenvalue weighted by atomic mass is 10.5. The van der Waals surface area contributed by atoms with E-state index in [4.69, 9.17) is 11.5 Å². The number of nitrogens with zero attached hydrogens (tertiary/aromatic N) is 1. The van der Waals surface area contributed by atoms with Gasteiger partial charge in [0.1, 0.15) is 16.4 Å². The van der Waals surface area contributed by atoms with Crippen LogP contribution in [0.15, 0.2) is 0 Å². The molecule has 0 aromatic carbocycles. The minimum atomic E-state index is -3.17. The zero-order valence-corrected chi connectivity index (χ0v) is 10.2. The van der Waals surface area contributed by atoms with Gasteiger partial charge in [0.05, 0.1) is 12.3 Å². The Kier molecular flexibility index (Phi) is 6.06. The number of amides is 2. The molecule has 8 heteroatoms. The van der Waals surface area contributed by atoms with E-state index >= 15 is 0 Å². The second kappa shape index (κ2) is 6.75. The molecule has 0 aliphatic carbocycles. The molecule has 0 fully saturated rings. The number of carboxylic acid groups (broad SMARTS) is 1. The second-order valence-electron chi connectivity index (χ2n) is 3.32. The van der Waals surface area contributed by atoms with E-state index in [1.54, 1.807) is 0 Å². The lowest BCUT2D eigenvalue weighted by Gasteiger charge is -2.18. The summed E-state index contributed by atoms with van der Waals surface area (Å²) in [6.07, 6.45) is 6.02. The Hall–Kier alpha value is -1.75. The predicted molar refractivity (Wildman–Crippen MR) is 61.2 cm³/mol. The van der Waals surface area contributed by atoms with Crippen LogP contribution in [0.3, 0.4) is 0 Å². The Labute approximate surface area is 99.7 Å². The summed E-state index contributed by atoms with van der Waals surface area (Å²) in [6, 6.07) is -0.700. The quantitative estimate of drug-likeness (QED) is 0.583. The molecule has 0 heterocycles. The van der Waals surface area contributed by atoms with Crippen LogP contribution in [0.25, 0.3) is 0 Å². The summed E-state index contributed by atoms with van der Waals surface area (Å²) in [4.78, 5) is 22.7. The van der Waals surface area contributed by atoms with E-state index in [0.717, 1.165) is 11.2 Å². The third-order valence-electron chi connectivity index (χ3n) is 1.64. The Balaban J connectivity index is 4.24. The van der Waals surface area contributed by atoms with Crippen molar-refractivity contribution in [2.75, 3.05) is 31.6 Å². The third kappa shape index (κ3) is 8.10. The Morgan fingerprint density at radius 3 is 2.47 bits per heavy atom. The lowest BCUT2D eigenvalue weighted by Crippen LogP contribution is -2.44. The first-order chi connectivity index (χ1) is 7.76. The van der Waals surface area contributed by atoms with Gasteiger partial charge in [-0.1, -0.05) is 5.92 Å². The first-order valence-electron chi connectivity index (χ1n) is 4.62. The average Bonchev–Trinajstić information content (AvgIpc) is 2.14. The number of hydrogen-bond acceptors (Lipinski definition) is 4. The van der Waals surface area contributed by atoms with Crippen LogP contribution in [0.2, 0.25) is 0 Å². The molecular weight excluding hydrogens is 248 g/mol. The van der Waals surface area contributed by atoms with Crippen LogP contribution < -0.4 is 5.32 Å². The number of terminal acetylenes is 1. The molecule has 0 atom stereocenters. The second-order valence-corrected chi connectivity index (χ2v) is 5.58. The molecule has 0 aliphatic rings. The summed E-state index contributed by atoms with van der Waals surface area (Å²) in [7, 11) is -3.17. The van der Waals surface area contributed by atoms with Gasteiger partial charge < -0.3 is 15.3 Å². The molecule has 0 radical (unpaired) electrons. The number of aliphatic carboxylic acids is 1. The van der Waals surface area contributed by atoms with E-state index in [1.165, 1.54) is 0 Å². The number of carbonyl (C=O) groups is 2. The summed E-state index contributed by atoms with van der Waals surface area (Å²) in [5.41, 5.74) is 0. The molecule has 0 saturated heterocycles. The number of carboxylic acids is 1. The molecule has 0 unspecified atom stereocenters. The molecular formula is C9H14N2O5S. The van der Waals surface area contributed by atoms with Crippen molar-refractivity contribution in [2.24, 2.45) is 0 Å². The fourth-order valence-corrected chi connectivity index (χ4v) is 1.40. The average molecular weight is 262 g/mol. The molecule has 0 aromatic rings. The zero-order valence-electron chi connectivity index (χ0n) is 9.34. The van der Waals surface area contributed by atoms with Crippen LogP contribution >= 0.6 is 0 Å². The fraction of sp³-hybridized carbons (Fsp3) is 0.556. The number of sulfone groups is 1. The predicted octanol–water partition coefficient (Wildman–Crippen LogP) is -1.24. The van der Waals surface area contributed by atoms with Gasteiger partial charge in [-0.15, -0.1) is 6.42 Å². The third-order valence-corrected chi connectivity index (χ3v) is 2.59. The summed E-state index contributed by atoms with van der Waals surface area (Å²) >= 11 is 0. The maximum absolute atomic E-state index is 11.4. The molecule has 0 aromatic heterocycles. The van der Waals surface area contributed by atoms with Gasteiger partial charge in [0, 0.05) is 12.8 Å². The first kappa shape index (κ1) is 15.2. The summed E-state index contributed by atoms with van der Waals surface area (Å²) < 4.78 is 21.6. The van der Waals surface area contributed by atoms with Crippen molar-refractivity contribution in [3.05, 3.63) is 0 Å². The molecule has 0 aliphatic heterocycles. The maximum Gasteiger partial charge on any atom is 0.323 e. The van der Waals surface area contributed by atoms with Crippen LogP contribution in [0, 0.1) is 12.3 Å². The van der Waals surface area contributed by atoms with Crippen molar-refractivity contribution in [1.29, 1.82) is 0 Å². The monoisotopic (exact) mass is 262 g/mol. The summed E-state index contributed by atoms with van der Waals surface area (Å²) in [5.74, 6) is 0.736. The SMILES string of the molecule is C#CCN(CC(=O)O)C(=O)NCCS(C)(=O)=O. The zero-order chi connectivity index (χ0) is 13.5. The molecule has 17 heavy (non-hydrogen) atoms. The largest absolute Gasteiger partial charge is 0.480 e. The van der Waals surface area contributed by atoms with Crippen molar-refractivity contribution >= 4 is 21.8 Å². The van der Waals surface area contributed by atoms with Crippen LogP contribution in [0.4, 0.5) is 4.79 Å². The summed E-state index contributed by atoms with van der Waals surface area (Å²) in [5, 5.41) is 10.8. The van der Waals surface area contributed by atoms with E-state index in [2.05, 4.69) is 11.2 Å². The highest BCUT2D eigenvalue weighted by Gasteiger charge is 2.15. The molecule has 2 N–H and O–H groups in total. The molecule has 0 saturated carbocycles. The number of urea groups is 1. The van der Waals surface area contributed by atoms with Crippen LogP contribution in [-0.4, -0.2) is 62.1 Å². The van der Waals surface area contributed by atoms with Gasteiger partial charge in [-0.2, -0.15) is 0 Å². The van der Waals surface area contributed by atoms with E-state index in [9.17, 15) is 18.0 Å². The van der Waals surface area contributed by atoms with Gasteiger partial charge >= 0.3 is 12.0 Å². The van der Waals surface area contributed by atoms with Crippen LogP contribution in [-0.2, 0) is 14.6 Å². The number of hydrogen-bond donors (Lipinski definition) is 2. The Bertz CT molecular complexity index is 423. The van der Waals surface area contributed by atoms with Gasteiger partial charge in [0.25, 0.3) is 0 Å². The standard InChI is InChI=1S/C9H14N2O5S/c1-3-5-11(7-8(12)13)9(14)10-4-6-17(2,15)16/h1H,4-7H2,2H3,(H,10,14)(H,12,13). The Morgan fingerprint density at radius 1 is 1.47 bits per heavy atom. The highest BCUT2D eigenvalue weighted by Crippen LogP contribution is 1.89. The van der Waals surface area contributed by atoms with Gasteiger partial charge in [-0.3, -0.25) is 4.79 Å². The maximum atomic E-state index is 11.4. The van der Waals surface area contributed by atoms with Crippen LogP contribution in [0.5, 0.6) is 0 Å². The minimum absolute atomic E-state index is 0.0850. The normalized spacial score (nSPS) is 10.4. The van der Waals surface area contributed by atoms with E-state index in [-0.39, 0.29) is 18.8 Å². The number of rotatable bonds is 6. The first-order valence-corrected chi connectivity index (χ1v) is 6.68. The van der Waals surface area contributed by atoms with Crippen molar-refractivity contribution in [1.82, 2.24) is 10.2 Å². The van der Waals surface area contributed by atoms with Gasteiger partial charge in [0.2, 0.25) is 0 Å². The highest BCUT2D eigenvalue weighted by molar-refractivity contribution is 7.90. The van der Waals surface area contributed by atoms with Crippen molar-refractivity contribution in [2.45, 2.75) is 0 Å². The van der Waals surface area contributed by atoms with Crippen molar-refractivity contribution in [3.8, 4) is 12.3 Å². The Morgan fingerprint density at radius 2 is 2.06 bits per heavy atom. The number of carbonyl (C=O) groups excluding carboxylic acids is 1. The molecule has 0 spiro atoms. The van der Waals surface area contributed by atoms with Crippen molar-refractivity contribution < 1.29 is 23.1 Å².